The van der Waals surface area contributed by atoms with Crippen LogP contribution in [-0.4, -0.2) is 24.7 Å². The van der Waals surface area contributed by atoms with Crippen LogP contribution in [0.1, 0.15) is 41.3 Å². The number of aryl methyl sites for hydroxylation is 2. The molecule has 0 bridgehead atoms. The van der Waals surface area contributed by atoms with Crippen LogP contribution in [0.15, 0.2) is 18.2 Å². The van der Waals surface area contributed by atoms with Gasteiger partial charge < -0.3 is 10.1 Å². The Balaban J connectivity index is 2.02. The number of benzene rings is 1. The van der Waals surface area contributed by atoms with E-state index in [0.717, 1.165) is 36.1 Å². The van der Waals surface area contributed by atoms with E-state index in [1.165, 1.54) is 0 Å². The number of ether oxygens (including phenoxy) is 1. The van der Waals surface area contributed by atoms with Crippen molar-refractivity contribution in [1.82, 2.24) is 5.32 Å². The van der Waals surface area contributed by atoms with E-state index < -0.39 is 0 Å². The Morgan fingerprint density at radius 1 is 1.33 bits per heavy atom. The van der Waals surface area contributed by atoms with Crippen LogP contribution in [0.2, 0.25) is 0 Å². The number of hydrogen-bond donors (Lipinski definition) is 1. The minimum atomic E-state index is -0.00944. The number of amides is 1. The number of nitrogens with one attached hydrogen (secondary N) is 1. The lowest BCUT2D eigenvalue weighted by molar-refractivity contribution is 0.0712. The van der Waals surface area contributed by atoms with Gasteiger partial charge in [0.1, 0.15) is 0 Å². The zero-order chi connectivity index (χ0) is 13.1. The van der Waals surface area contributed by atoms with Gasteiger partial charge in [0.15, 0.2) is 0 Å². The van der Waals surface area contributed by atoms with Gasteiger partial charge in [0.2, 0.25) is 0 Å². The maximum atomic E-state index is 12.1. The van der Waals surface area contributed by atoms with Crippen molar-refractivity contribution in [3.8, 4) is 0 Å². The third kappa shape index (κ3) is 3.10. The van der Waals surface area contributed by atoms with Crippen molar-refractivity contribution in [3.63, 3.8) is 0 Å². The van der Waals surface area contributed by atoms with E-state index in [-0.39, 0.29) is 18.1 Å². The first kappa shape index (κ1) is 13.1. The second kappa shape index (κ2) is 5.53. The molecule has 0 spiro atoms. The average Bonchev–Trinajstić information content (AvgIpc) is 2.80. The van der Waals surface area contributed by atoms with Crippen molar-refractivity contribution >= 4 is 5.91 Å². The van der Waals surface area contributed by atoms with Crippen LogP contribution in [0.4, 0.5) is 0 Å². The van der Waals surface area contributed by atoms with Crippen molar-refractivity contribution in [2.24, 2.45) is 0 Å². The molecule has 1 aliphatic heterocycles. The van der Waals surface area contributed by atoms with Crippen LogP contribution >= 0.6 is 0 Å². The standard InChI is InChI=1S/C15H21NO2/c1-10-7-11(2)9-13(8-10)15(17)16-12(3)14-5-4-6-18-14/h7-9,12,14H,4-6H2,1-3H3,(H,16,17)/t12-,14+/m0/s1. The molecule has 3 nitrogen and oxygen atoms in total. The molecule has 0 radical (unpaired) electrons. The summed E-state index contributed by atoms with van der Waals surface area (Å²) in [6, 6.07) is 5.98. The first-order valence-corrected chi connectivity index (χ1v) is 6.57. The molecule has 0 aromatic heterocycles. The summed E-state index contributed by atoms with van der Waals surface area (Å²) in [7, 11) is 0. The van der Waals surface area contributed by atoms with Gasteiger partial charge in [-0.1, -0.05) is 17.2 Å². The molecule has 18 heavy (non-hydrogen) atoms. The fraction of sp³-hybridized carbons (Fsp3) is 0.533. The monoisotopic (exact) mass is 247 g/mol. The Morgan fingerprint density at radius 2 is 2.00 bits per heavy atom. The number of carbonyl (C=O) groups excluding carboxylic acids is 1. The Morgan fingerprint density at radius 3 is 2.56 bits per heavy atom. The van der Waals surface area contributed by atoms with Gasteiger partial charge in [0.05, 0.1) is 12.1 Å². The van der Waals surface area contributed by atoms with Gasteiger partial charge in [-0.3, -0.25) is 4.79 Å². The summed E-state index contributed by atoms with van der Waals surface area (Å²) in [6.45, 7) is 6.84. The van der Waals surface area contributed by atoms with Crippen LogP contribution in [0, 0.1) is 13.8 Å². The van der Waals surface area contributed by atoms with Crippen LogP contribution in [0.25, 0.3) is 0 Å². The highest BCUT2D eigenvalue weighted by Crippen LogP contribution is 2.16. The first-order chi connectivity index (χ1) is 8.56. The molecule has 1 aromatic rings. The Kier molecular flexibility index (Phi) is 4.02. The highest BCUT2D eigenvalue weighted by atomic mass is 16.5. The van der Waals surface area contributed by atoms with Crippen LogP contribution in [0.5, 0.6) is 0 Å². The molecule has 0 saturated carbocycles. The summed E-state index contributed by atoms with van der Waals surface area (Å²) in [5.74, 6) is -0.00944. The summed E-state index contributed by atoms with van der Waals surface area (Å²) in [4.78, 5) is 12.1. The lowest BCUT2D eigenvalue weighted by Crippen LogP contribution is -2.40. The second-order valence-electron chi connectivity index (χ2n) is 5.19. The van der Waals surface area contributed by atoms with E-state index in [1.807, 2.05) is 32.9 Å². The van der Waals surface area contributed by atoms with Gasteiger partial charge in [-0.15, -0.1) is 0 Å². The highest BCUT2D eigenvalue weighted by molar-refractivity contribution is 5.94. The largest absolute Gasteiger partial charge is 0.376 e. The Bertz CT molecular complexity index is 416. The Hall–Kier alpha value is -1.35. The van der Waals surface area contributed by atoms with Crippen LogP contribution < -0.4 is 5.32 Å². The Labute approximate surface area is 109 Å². The molecule has 1 N–H and O–H groups in total. The van der Waals surface area contributed by atoms with E-state index in [9.17, 15) is 4.79 Å². The molecule has 1 aromatic carbocycles. The molecule has 98 valence electrons. The van der Waals surface area contributed by atoms with E-state index in [2.05, 4.69) is 11.4 Å². The molecule has 2 rings (SSSR count). The summed E-state index contributed by atoms with van der Waals surface area (Å²) < 4.78 is 5.58. The van der Waals surface area contributed by atoms with Crippen molar-refractivity contribution in [2.45, 2.75) is 45.8 Å². The van der Waals surface area contributed by atoms with Gasteiger partial charge in [0.25, 0.3) is 5.91 Å². The quantitative estimate of drug-likeness (QED) is 0.891. The summed E-state index contributed by atoms with van der Waals surface area (Å²) in [5, 5.41) is 3.03. The zero-order valence-electron chi connectivity index (χ0n) is 11.3. The summed E-state index contributed by atoms with van der Waals surface area (Å²) in [5.41, 5.74) is 2.96. The molecule has 1 heterocycles. The van der Waals surface area contributed by atoms with E-state index in [4.69, 9.17) is 4.74 Å². The molecule has 1 amide bonds. The van der Waals surface area contributed by atoms with Gasteiger partial charge in [-0.2, -0.15) is 0 Å². The van der Waals surface area contributed by atoms with Gasteiger partial charge >= 0.3 is 0 Å². The van der Waals surface area contributed by atoms with Crippen LogP contribution in [0.3, 0.4) is 0 Å². The van der Waals surface area contributed by atoms with Crippen molar-refractivity contribution < 1.29 is 9.53 Å². The number of carbonyl (C=O) groups is 1. The van der Waals surface area contributed by atoms with E-state index in [0.29, 0.717) is 0 Å². The lowest BCUT2D eigenvalue weighted by Gasteiger charge is -2.20. The van der Waals surface area contributed by atoms with Crippen LogP contribution in [-0.2, 0) is 4.74 Å². The van der Waals surface area contributed by atoms with E-state index in [1.54, 1.807) is 0 Å². The molecule has 2 atom stereocenters. The normalized spacial score (nSPS) is 20.7. The summed E-state index contributed by atoms with van der Waals surface area (Å²) in [6.07, 6.45) is 2.29. The SMILES string of the molecule is Cc1cc(C)cc(C(=O)N[C@@H](C)[C@H]2CCCO2)c1. The molecular weight excluding hydrogens is 226 g/mol. The minimum absolute atomic E-state index is 0.00944. The van der Waals surface area contributed by atoms with Gasteiger partial charge in [-0.05, 0) is 45.7 Å². The first-order valence-electron chi connectivity index (χ1n) is 6.57. The molecular formula is C15H21NO2. The zero-order valence-corrected chi connectivity index (χ0v) is 11.3. The molecule has 1 aliphatic rings. The minimum Gasteiger partial charge on any atom is -0.376 e. The fourth-order valence-corrected chi connectivity index (χ4v) is 2.49. The molecule has 0 aliphatic carbocycles. The average molecular weight is 247 g/mol. The van der Waals surface area contributed by atoms with Crippen molar-refractivity contribution in [3.05, 3.63) is 34.9 Å². The smallest absolute Gasteiger partial charge is 0.251 e. The number of hydrogen-bond acceptors (Lipinski definition) is 2. The van der Waals surface area contributed by atoms with Gasteiger partial charge in [0, 0.05) is 12.2 Å². The van der Waals surface area contributed by atoms with Crippen molar-refractivity contribution in [2.75, 3.05) is 6.61 Å². The predicted molar refractivity (Wildman–Crippen MR) is 71.8 cm³/mol. The van der Waals surface area contributed by atoms with Crippen molar-refractivity contribution in [1.29, 1.82) is 0 Å². The third-order valence-electron chi connectivity index (χ3n) is 3.37. The lowest BCUT2D eigenvalue weighted by atomic mass is 10.1. The van der Waals surface area contributed by atoms with Gasteiger partial charge in [-0.25, -0.2) is 0 Å². The second-order valence-corrected chi connectivity index (χ2v) is 5.19. The predicted octanol–water partition coefficient (Wildman–Crippen LogP) is 2.60. The molecule has 1 saturated heterocycles. The van der Waals surface area contributed by atoms with E-state index >= 15 is 0 Å². The summed E-state index contributed by atoms with van der Waals surface area (Å²) >= 11 is 0. The third-order valence-corrected chi connectivity index (χ3v) is 3.37. The maximum Gasteiger partial charge on any atom is 0.251 e. The number of rotatable bonds is 3. The molecule has 0 unspecified atom stereocenters. The maximum absolute atomic E-state index is 12.1. The molecule has 1 fully saturated rings. The molecule has 3 heteroatoms. The topological polar surface area (TPSA) is 38.3 Å². The highest BCUT2D eigenvalue weighted by Gasteiger charge is 2.23. The fourth-order valence-electron chi connectivity index (χ4n) is 2.49.